The average Bonchev–Trinajstić information content (AvgIpc) is 3.41. The van der Waals surface area contributed by atoms with Gasteiger partial charge in [0.25, 0.3) is 11.8 Å². The fraction of sp³-hybridized carbons (Fsp3) is 0.318. The summed E-state index contributed by atoms with van der Waals surface area (Å²) in [5.41, 5.74) is 2.62. The van der Waals surface area contributed by atoms with Crippen molar-refractivity contribution in [2.45, 2.75) is 32.4 Å². The molecule has 1 atom stereocenters. The van der Waals surface area contributed by atoms with Gasteiger partial charge in [-0.1, -0.05) is 30.3 Å². The lowest BCUT2D eigenvalue weighted by molar-refractivity contribution is 0.0729. The molecule has 2 amide bonds. The Morgan fingerprint density at radius 1 is 1.20 bits per heavy atom. The molecular weight excluding hydrogens is 380 g/mol. The van der Waals surface area contributed by atoms with Gasteiger partial charge in [-0.3, -0.25) is 14.3 Å². The number of likely N-dealkylation sites (tertiary alicyclic amines) is 1. The van der Waals surface area contributed by atoms with E-state index in [0.717, 1.165) is 18.4 Å². The molecule has 154 valence electrons. The maximum Gasteiger partial charge on any atom is 0.257 e. The van der Waals surface area contributed by atoms with E-state index >= 15 is 0 Å². The fourth-order valence-electron chi connectivity index (χ4n) is 3.72. The second-order valence-electron chi connectivity index (χ2n) is 7.45. The summed E-state index contributed by atoms with van der Waals surface area (Å²) in [5.74, 6) is 0.288. The summed E-state index contributed by atoms with van der Waals surface area (Å²) in [6, 6.07) is 9.53. The summed E-state index contributed by atoms with van der Waals surface area (Å²) < 4.78 is 1.61. The standard InChI is InChI=1S/C22H24N6O2/c1-15-18(21(29)24-11-16-7-4-3-5-8-16)13-23-20(26-15)19-9-6-10-28(19)22(30)17-12-25-27(2)14-17/h3-5,7-8,12-14,19H,6,9-11H2,1-2H3,(H,24,29). The van der Waals surface area contributed by atoms with Gasteiger partial charge in [0.05, 0.1) is 29.1 Å². The number of carbonyl (C=O) groups excluding carboxylic acids is 2. The summed E-state index contributed by atoms with van der Waals surface area (Å²) in [4.78, 5) is 36.3. The van der Waals surface area contributed by atoms with E-state index in [4.69, 9.17) is 0 Å². The molecule has 1 aliphatic heterocycles. The zero-order chi connectivity index (χ0) is 21.1. The highest BCUT2D eigenvalue weighted by Gasteiger charge is 2.33. The van der Waals surface area contributed by atoms with Crippen LogP contribution in [0.3, 0.4) is 0 Å². The van der Waals surface area contributed by atoms with E-state index in [1.807, 2.05) is 30.3 Å². The van der Waals surface area contributed by atoms with E-state index in [9.17, 15) is 9.59 Å². The van der Waals surface area contributed by atoms with E-state index in [-0.39, 0.29) is 17.9 Å². The van der Waals surface area contributed by atoms with Gasteiger partial charge in [-0.2, -0.15) is 5.10 Å². The number of rotatable bonds is 5. The van der Waals surface area contributed by atoms with Gasteiger partial charge in [0.15, 0.2) is 5.82 Å². The zero-order valence-corrected chi connectivity index (χ0v) is 17.1. The second kappa shape index (κ2) is 8.44. The molecule has 30 heavy (non-hydrogen) atoms. The molecule has 1 aliphatic rings. The van der Waals surface area contributed by atoms with Crippen molar-refractivity contribution >= 4 is 11.8 Å². The molecule has 8 heteroatoms. The number of hydrogen-bond donors (Lipinski definition) is 1. The first-order valence-electron chi connectivity index (χ1n) is 9.98. The molecule has 1 N–H and O–H groups in total. The van der Waals surface area contributed by atoms with Crippen molar-refractivity contribution in [1.29, 1.82) is 0 Å². The summed E-state index contributed by atoms with van der Waals surface area (Å²) in [7, 11) is 1.78. The smallest absolute Gasteiger partial charge is 0.257 e. The number of benzene rings is 1. The molecule has 1 fully saturated rings. The van der Waals surface area contributed by atoms with Crippen molar-refractivity contribution in [1.82, 2.24) is 30.0 Å². The van der Waals surface area contributed by atoms with Gasteiger partial charge in [0, 0.05) is 32.5 Å². The van der Waals surface area contributed by atoms with Crippen LogP contribution >= 0.6 is 0 Å². The minimum absolute atomic E-state index is 0.0727. The van der Waals surface area contributed by atoms with Gasteiger partial charge in [-0.05, 0) is 25.3 Å². The van der Waals surface area contributed by atoms with E-state index in [1.54, 1.807) is 42.1 Å². The molecule has 3 heterocycles. The molecule has 0 saturated carbocycles. The van der Waals surface area contributed by atoms with Crippen LogP contribution in [0.1, 0.15) is 56.7 Å². The minimum Gasteiger partial charge on any atom is -0.348 e. The zero-order valence-electron chi connectivity index (χ0n) is 17.1. The Labute approximate surface area is 175 Å². The number of carbonyl (C=O) groups is 2. The maximum absolute atomic E-state index is 12.9. The van der Waals surface area contributed by atoms with Crippen molar-refractivity contribution in [3.8, 4) is 0 Å². The van der Waals surface area contributed by atoms with Gasteiger partial charge in [0.1, 0.15) is 0 Å². The average molecular weight is 404 g/mol. The highest BCUT2D eigenvalue weighted by molar-refractivity contribution is 5.95. The molecular formula is C22H24N6O2. The minimum atomic E-state index is -0.211. The van der Waals surface area contributed by atoms with E-state index in [2.05, 4.69) is 20.4 Å². The van der Waals surface area contributed by atoms with Crippen LogP contribution in [0.2, 0.25) is 0 Å². The van der Waals surface area contributed by atoms with Gasteiger partial charge in [0.2, 0.25) is 0 Å². The lowest BCUT2D eigenvalue weighted by atomic mass is 10.1. The van der Waals surface area contributed by atoms with Crippen LogP contribution in [0.15, 0.2) is 48.9 Å². The fourth-order valence-corrected chi connectivity index (χ4v) is 3.72. The third-order valence-electron chi connectivity index (χ3n) is 5.30. The highest BCUT2D eigenvalue weighted by Crippen LogP contribution is 2.31. The number of nitrogens with one attached hydrogen (secondary N) is 1. The molecule has 4 rings (SSSR count). The van der Waals surface area contributed by atoms with Gasteiger partial charge >= 0.3 is 0 Å². The van der Waals surface area contributed by atoms with Crippen LogP contribution in [-0.2, 0) is 13.6 Å². The largest absolute Gasteiger partial charge is 0.348 e. The predicted molar refractivity (Wildman–Crippen MR) is 111 cm³/mol. The van der Waals surface area contributed by atoms with Crippen LogP contribution in [0.4, 0.5) is 0 Å². The normalized spacial score (nSPS) is 15.9. The summed E-state index contributed by atoms with van der Waals surface area (Å²) in [6.45, 7) is 2.89. The topological polar surface area (TPSA) is 93.0 Å². The van der Waals surface area contributed by atoms with Crippen molar-refractivity contribution in [3.05, 3.63) is 77.1 Å². The molecule has 1 unspecified atom stereocenters. The van der Waals surface area contributed by atoms with Crippen LogP contribution in [0.25, 0.3) is 0 Å². The molecule has 1 saturated heterocycles. The molecule has 0 spiro atoms. The Morgan fingerprint density at radius 3 is 2.70 bits per heavy atom. The van der Waals surface area contributed by atoms with E-state index in [0.29, 0.717) is 35.7 Å². The lowest BCUT2D eigenvalue weighted by Gasteiger charge is -2.23. The Bertz CT molecular complexity index is 1060. The van der Waals surface area contributed by atoms with Gasteiger partial charge in [-0.15, -0.1) is 0 Å². The van der Waals surface area contributed by atoms with Crippen molar-refractivity contribution in [2.24, 2.45) is 7.05 Å². The Balaban J connectivity index is 1.48. The first-order chi connectivity index (χ1) is 14.5. The Morgan fingerprint density at radius 2 is 2.00 bits per heavy atom. The van der Waals surface area contributed by atoms with Crippen LogP contribution in [0, 0.1) is 6.92 Å². The first-order valence-corrected chi connectivity index (χ1v) is 9.98. The molecule has 2 aromatic heterocycles. The molecule has 0 bridgehead atoms. The van der Waals surface area contributed by atoms with Crippen LogP contribution in [-0.4, -0.2) is 43.0 Å². The predicted octanol–water partition coefficient (Wildman–Crippen LogP) is 2.43. The van der Waals surface area contributed by atoms with Crippen LogP contribution < -0.4 is 5.32 Å². The maximum atomic E-state index is 12.9. The van der Waals surface area contributed by atoms with E-state index < -0.39 is 0 Å². The SMILES string of the molecule is Cc1nc(C2CCCN2C(=O)c2cnn(C)c2)ncc1C(=O)NCc1ccccc1. The number of amides is 2. The Hall–Kier alpha value is -3.55. The molecule has 8 nitrogen and oxygen atoms in total. The third kappa shape index (κ3) is 4.07. The van der Waals surface area contributed by atoms with Crippen LogP contribution in [0.5, 0.6) is 0 Å². The second-order valence-corrected chi connectivity index (χ2v) is 7.45. The number of hydrogen-bond acceptors (Lipinski definition) is 5. The quantitative estimate of drug-likeness (QED) is 0.705. The summed E-state index contributed by atoms with van der Waals surface area (Å²) >= 11 is 0. The van der Waals surface area contributed by atoms with E-state index in [1.165, 1.54) is 0 Å². The number of aromatic nitrogens is 4. The number of nitrogens with zero attached hydrogens (tertiary/aromatic N) is 5. The van der Waals surface area contributed by atoms with Crippen molar-refractivity contribution in [2.75, 3.05) is 6.54 Å². The summed E-state index contributed by atoms with van der Waals surface area (Å²) in [5, 5.41) is 6.99. The van der Waals surface area contributed by atoms with Crippen molar-refractivity contribution < 1.29 is 9.59 Å². The summed E-state index contributed by atoms with van der Waals surface area (Å²) in [6.07, 6.45) is 6.53. The lowest BCUT2D eigenvalue weighted by Crippen LogP contribution is -2.32. The Kier molecular flexibility index (Phi) is 5.56. The molecule has 0 aliphatic carbocycles. The van der Waals surface area contributed by atoms with Crippen molar-refractivity contribution in [3.63, 3.8) is 0 Å². The van der Waals surface area contributed by atoms with Gasteiger partial charge < -0.3 is 10.2 Å². The number of aryl methyl sites for hydroxylation is 2. The highest BCUT2D eigenvalue weighted by atomic mass is 16.2. The molecule has 0 radical (unpaired) electrons. The van der Waals surface area contributed by atoms with Gasteiger partial charge in [-0.25, -0.2) is 9.97 Å². The molecule has 3 aromatic rings. The molecule has 1 aromatic carbocycles. The third-order valence-corrected chi connectivity index (χ3v) is 5.30. The first kappa shape index (κ1) is 19.8. The monoisotopic (exact) mass is 404 g/mol.